The van der Waals surface area contributed by atoms with Gasteiger partial charge in [-0.3, -0.25) is 14.4 Å². The number of aromatic hydroxyl groups is 1. The smallest absolute Gasteiger partial charge is 0.308 e. The minimum absolute atomic E-state index is 0.0148. The summed E-state index contributed by atoms with van der Waals surface area (Å²) in [6.45, 7) is -0.510. The number of phenolic OH excluding ortho intramolecular Hbond substituents is 1. The third-order valence-corrected chi connectivity index (χ3v) is 5.19. The highest BCUT2D eigenvalue weighted by Gasteiger charge is 2.30. The van der Waals surface area contributed by atoms with Gasteiger partial charge in [0.05, 0.1) is 30.8 Å². The molecule has 1 heterocycles. The molecular formula is C21H30N2O10. The van der Waals surface area contributed by atoms with Crippen LogP contribution in [0.5, 0.6) is 11.5 Å². The molecule has 12 nitrogen and oxygen atoms in total. The normalized spacial score (nSPS) is 22.2. The van der Waals surface area contributed by atoms with Gasteiger partial charge in [0.1, 0.15) is 0 Å². The Morgan fingerprint density at radius 3 is 2.58 bits per heavy atom. The fourth-order valence-electron chi connectivity index (χ4n) is 3.37. The van der Waals surface area contributed by atoms with Crippen molar-refractivity contribution in [2.75, 3.05) is 13.2 Å². The Balaban J connectivity index is 1.94. The Morgan fingerprint density at radius 1 is 1.24 bits per heavy atom. The molecule has 0 aliphatic carbocycles. The number of ether oxygens (including phenoxy) is 2. The highest BCUT2D eigenvalue weighted by Crippen LogP contribution is 2.31. The first-order valence-electron chi connectivity index (χ1n) is 10.5. The molecule has 33 heavy (non-hydrogen) atoms. The molecule has 0 spiro atoms. The zero-order valence-electron chi connectivity index (χ0n) is 17.9. The van der Waals surface area contributed by atoms with Crippen molar-refractivity contribution in [3.05, 3.63) is 23.8 Å². The van der Waals surface area contributed by atoms with Gasteiger partial charge in [-0.15, -0.1) is 0 Å². The molecule has 1 aromatic carbocycles. The second-order valence-electron chi connectivity index (χ2n) is 7.94. The number of nitrogens with one attached hydrogen (secondary N) is 1. The van der Waals surface area contributed by atoms with Gasteiger partial charge in [-0.1, -0.05) is 6.07 Å². The molecule has 0 radical (unpaired) electrons. The number of aliphatic hydroxyl groups excluding tert-OH is 2. The molecule has 2 rings (SSSR count). The predicted molar refractivity (Wildman–Crippen MR) is 112 cm³/mol. The fraction of sp³-hybridized carbons (Fsp3) is 0.571. The maximum absolute atomic E-state index is 12.0. The van der Waals surface area contributed by atoms with E-state index >= 15 is 0 Å². The van der Waals surface area contributed by atoms with E-state index in [0.29, 0.717) is 5.56 Å². The Labute approximate surface area is 189 Å². The van der Waals surface area contributed by atoms with E-state index in [9.17, 15) is 34.8 Å². The van der Waals surface area contributed by atoms with Crippen LogP contribution in [0.1, 0.15) is 31.2 Å². The van der Waals surface area contributed by atoms with Crippen molar-refractivity contribution < 1.29 is 49.4 Å². The molecule has 1 fully saturated rings. The van der Waals surface area contributed by atoms with Crippen LogP contribution in [0.3, 0.4) is 0 Å². The molecule has 0 bridgehead atoms. The van der Waals surface area contributed by atoms with Gasteiger partial charge in [0, 0.05) is 25.8 Å². The molecule has 1 unspecified atom stereocenters. The van der Waals surface area contributed by atoms with Crippen molar-refractivity contribution in [2.45, 2.75) is 56.6 Å². The van der Waals surface area contributed by atoms with E-state index < -0.39 is 48.3 Å². The van der Waals surface area contributed by atoms with Gasteiger partial charge in [-0.05, 0) is 30.5 Å². The minimum Gasteiger partial charge on any atom is -0.504 e. The Kier molecular flexibility index (Phi) is 9.85. The van der Waals surface area contributed by atoms with Crippen molar-refractivity contribution in [2.24, 2.45) is 11.7 Å². The number of carboxylic acid groups (broad SMARTS) is 2. The summed E-state index contributed by atoms with van der Waals surface area (Å²) < 4.78 is 11.1. The number of hydrogen-bond acceptors (Lipinski definition) is 9. The maximum atomic E-state index is 12.0. The summed E-state index contributed by atoms with van der Waals surface area (Å²) in [5.74, 6) is -4.12. The van der Waals surface area contributed by atoms with E-state index in [-0.39, 0.29) is 56.8 Å². The lowest BCUT2D eigenvalue weighted by Crippen LogP contribution is -2.44. The van der Waals surface area contributed by atoms with Crippen LogP contribution in [-0.2, 0) is 25.5 Å². The molecule has 1 aromatic rings. The van der Waals surface area contributed by atoms with Gasteiger partial charge in [0.15, 0.2) is 11.5 Å². The number of carbonyl (C=O) groups excluding carboxylic acids is 1. The summed E-state index contributed by atoms with van der Waals surface area (Å²) in [7, 11) is 0. The van der Waals surface area contributed by atoms with Crippen LogP contribution in [0.25, 0.3) is 0 Å². The zero-order valence-corrected chi connectivity index (χ0v) is 17.9. The van der Waals surface area contributed by atoms with Crippen molar-refractivity contribution in [1.82, 2.24) is 5.32 Å². The fourth-order valence-corrected chi connectivity index (χ4v) is 3.37. The first kappa shape index (κ1) is 26.3. The van der Waals surface area contributed by atoms with Gasteiger partial charge >= 0.3 is 11.9 Å². The van der Waals surface area contributed by atoms with Crippen molar-refractivity contribution in [3.8, 4) is 11.5 Å². The number of carbonyl (C=O) groups is 3. The second kappa shape index (κ2) is 12.3. The SMILES string of the molecule is N[C@@H](CCC(=O)O)C(=O)NC[C@@H](Cc1ccc(OC2C[C@@H](O)C[C@@H](CO)O2)c(O)c1)C(=O)O. The van der Waals surface area contributed by atoms with Crippen LogP contribution in [0.15, 0.2) is 18.2 Å². The van der Waals surface area contributed by atoms with Gasteiger partial charge in [0.25, 0.3) is 0 Å². The number of phenols is 1. The van der Waals surface area contributed by atoms with Gasteiger partial charge in [-0.2, -0.15) is 0 Å². The molecular weight excluding hydrogens is 440 g/mol. The van der Waals surface area contributed by atoms with E-state index in [0.717, 1.165) is 0 Å². The number of carboxylic acids is 2. The van der Waals surface area contributed by atoms with E-state index in [2.05, 4.69) is 5.32 Å². The average molecular weight is 470 g/mol. The first-order chi connectivity index (χ1) is 15.6. The Morgan fingerprint density at radius 2 is 1.97 bits per heavy atom. The number of benzene rings is 1. The van der Waals surface area contributed by atoms with Crippen LogP contribution >= 0.6 is 0 Å². The maximum Gasteiger partial charge on any atom is 0.308 e. The van der Waals surface area contributed by atoms with Crippen LogP contribution in [-0.4, -0.2) is 81.1 Å². The lowest BCUT2D eigenvalue weighted by molar-refractivity contribution is -0.185. The quantitative estimate of drug-likeness (QED) is 0.201. The summed E-state index contributed by atoms with van der Waals surface area (Å²) in [6, 6.07) is 3.24. The van der Waals surface area contributed by atoms with E-state index in [1.165, 1.54) is 12.1 Å². The molecule has 1 saturated heterocycles. The van der Waals surface area contributed by atoms with Crippen LogP contribution < -0.4 is 15.8 Å². The summed E-state index contributed by atoms with van der Waals surface area (Å²) >= 11 is 0. The minimum atomic E-state index is -1.17. The Bertz CT molecular complexity index is 833. The van der Waals surface area contributed by atoms with E-state index in [4.69, 9.17) is 20.3 Å². The number of aliphatic carboxylic acids is 2. The number of hydrogen-bond donors (Lipinski definition) is 7. The first-order valence-corrected chi connectivity index (χ1v) is 10.5. The van der Waals surface area contributed by atoms with Crippen LogP contribution in [0.2, 0.25) is 0 Å². The molecule has 12 heteroatoms. The van der Waals surface area contributed by atoms with Crippen LogP contribution in [0, 0.1) is 5.92 Å². The molecule has 0 saturated carbocycles. The van der Waals surface area contributed by atoms with Crippen molar-refractivity contribution in [3.63, 3.8) is 0 Å². The number of aliphatic hydroxyl groups is 2. The third kappa shape index (κ3) is 8.50. The van der Waals surface area contributed by atoms with Crippen molar-refractivity contribution in [1.29, 1.82) is 0 Å². The van der Waals surface area contributed by atoms with Gasteiger partial charge < -0.3 is 46.1 Å². The van der Waals surface area contributed by atoms with Gasteiger partial charge in [-0.25, -0.2) is 0 Å². The van der Waals surface area contributed by atoms with Crippen molar-refractivity contribution >= 4 is 17.8 Å². The highest BCUT2D eigenvalue weighted by atomic mass is 16.7. The lowest BCUT2D eigenvalue weighted by atomic mass is 9.98. The molecule has 184 valence electrons. The number of amides is 1. The third-order valence-electron chi connectivity index (χ3n) is 5.19. The van der Waals surface area contributed by atoms with Crippen LogP contribution in [0.4, 0.5) is 0 Å². The standard InChI is InChI=1S/C21H30N2O10/c22-15(2-4-18(27)28)20(29)23-9-12(21(30)31)5-11-1-3-17(16(26)6-11)33-19-8-13(25)7-14(10-24)32-19/h1,3,6,12-15,19,24-26H,2,4-5,7-10,22H2,(H,23,29)(H,27,28)(H,30,31)/t12-,13+,14+,15+,19?/m1/s1. The van der Waals surface area contributed by atoms with Gasteiger partial charge in [0.2, 0.25) is 12.2 Å². The summed E-state index contributed by atoms with van der Waals surface area (Å²) in [5.41, 5.74) is 6.08. The summed E-state index contributed by atoms with van der Waals surface area (Å²) in [6.07, 6.45) is -2.10. The molecule has 8 N–H and O–H groups in total. The highest BCUT2D eigenvalue weighted by molar-refractivity contribution is 5.82. The molecule has 1 aliphatic heterocycles. The summed E-state index contributed by atoms with van der Waals surface area (Å²) in [5, 5.41) is 49.9. The average Bonchev–Trinajstić information content (AvgIpc) is 2.75. The monoisotopic (exact) mass is 470 g/mol. The summed E-state index contributed by atoms with van der Waals surface area (Å²) in [4.78, 5) is 34.1. The van der Waals surface area contributed by atoms with E-state index in [1.807, 2.05) is 0 Å². The number of rotatable bonds is 12. The second-order valence-corrected chi connectivity index (χ2v) is 7.94. The largest absolute Gasteiger partial charge is 0.504 e. The lowest BCUT2D eigenvalue weighted by Gasteiger charge is -2.32. The molecule has 0 aromatic heterocycles. The Hall–Kier alpha value is -2.93. The zero-order chi connectivity index (χ0) is 24.5. The van der Waals surface area contributed by atoms with E-state index in [1.54, 1.807) is 6.07 Å². The topological polar surface area (TPSA) is 209 Å². The molecule has 5 atom stereocenters. The number of nitrogens with two attached hydrogens (primary N) is 1. The molecule has 1 aliphatic rings. The molecule has 1 amide bonds. The predicted octanol–water partition coefficient (Wildman–Crippen LogP) is -0.819.